The van der Waals surface area contributed by atoms with Crippen molar-refractivity contribution in [3.05, 3.63) is 102 Å². The van der Waals surface area contributed by atoms with Gasteiger partial charge < -0.3 is 4.74 Å². The molecule has 0 bridgehead atoms. The molecule has 0 atom stereocenters. The summed E-state index contributed by atoms with van der Waals surface area (Å²) in [5, 5.41) is 13.1. The van der Waals surface area contributed by atoms with Gasteiger partial charge in [0, 0.05) is 22.0 Å². The quantitative estimate of drug-likeness (QED) is 0.231. The SMILES string of the molecule is CCOc1ccc(-n2c(SCc3cccc4ccccc34)nnc2-c2ccc(Cl)cc2)cc1. The van der Waals surface area contributed by atoms with Gasteiger partial charge in [0.25, 0.3) is 0 Å². The lowest BCUT2D eigenvalue weighted by atomic mass is 10.1. The third kappa shape index (κ3) is 4.61. The molecule has 4 aromatic carbocycles. The van der Waals surface area contributed by atoms with Crippen molar-refractivity contribution in [2.45, 2.75) is 17.8 Å². The molecule has 0 radical (unpaired) electrons. The van der Waals surface area contributed by atoms with Crippen LogP contribution < -0.4 is 4.74 Å². The minimum absolute atomic E-state index is 0.633. The zero-order valence-electron chi connectivity index (χ0n) is 18.1. The maximum atomic E-state index is 6.11. The van der Waals surface area contributed by atoms with E-state index in [1.165, 1.54) is 16.3 Å². The molecule has 0 unspecified atom stereocenters. The minimum atomic E-state index is 0.633. The molecule has 0 amide bonds. The first kappa shape index (κ1) is 21.6. The molecule has 0 fully saturated rings. The Morgan fingerprint density at radius 3 is 2.39 bits per heavy atom. The maximum Gasteiger partial charge on any atom is 0.196 e. The van der Waals surface area contributed by atoms with Gasteiger partial charge >= 0.3 is 0 Å². The number of benzene rings is 4. The van der Waals surface area contributed by atoms with Crippen LogP contribution in [0.3, 0.4) is 0 Å². The second-order valence-corrected chi connectivity index (χ2v) is 8.88. The summed E-state index contributed by atoms with van der Waals surface area (Å²) in [5.41, 5.74) is 3.21. The highest BCUT2D eigenvalue weighted by atomic mass is 35.5. The molecule has 33 heavy (non-hydrogen) atoms. The van der Waals surface area contributed by atoms with Crippen LogP contribution >= 0.6 is 23.4 Å². The summed E-state index contributed by atoms with van der Waals surface area (Å²) in [7, 11) is 0. The van der Waals surface area contributed by atoms with Crippen LogP contribution in [0.2, 0.25) is 5.02 Å². The summed E-state index contributed by atoms with van der Waals surface area (Å²) in [6.07, 6.45) is 0. The Morgan fingerprint density at radius 1 is 0.848 bits per heavy atom. The van der Waals surface area contributed by atoms with Crippen molar-refractivity contribution < 1.29 is 4.74 Å². The minimum Gasteiger partial charge on any atom is -0.494 e. The zero-order chi connectivity index (χ0) is 22.6. The summed E-state index contributed by atoms with van der Waals surface area (Å²) < 4.78 is 7.71. The highest BCUT2D eigenvalue weighted by molar-refractivity contribution is 7.98. The molecule has 0 saturated carbocycles. The van der Waals surface area contributed by atoms with Crippen molar-refractivity contribution in [1.29, 1.82) is 0 Å². The molecule has 0 aliphatic heterocycles. The van der Waals surface area contributed by atoms with Crippen molar-refractivity contribution in [2.24, 2.45) is 0 Å². The topological polar surface area (TPSA) is 39.9 Å². The molecular weight excluding hydrogens is 450 g/mol. The van der Waals surface area contributed by atoms with Crippen LogP contribution in [0.15, 0.2) is 96.2 Å². The Balaban J connectivity index is 1.53. The number of rotatable bonds is 7. The molecule has 0 spiro atoms. The van der Waals surface area contributed by atoms with Gasteiger partial charge in [0.1, 0.15) is 5.75 Å². The largest absolute Gasteiger partial charge is 0.494 e. The van der Waals surface area contributed by atoms with Crippen LogP contribution in [0, 0.1) is 0 Å². The fourth-order valence-corrected chi connectivity index (χ4v) is 4.88. The molecule has 5 rings (SSSR count). The lowest BCUT2D eigenvalue weighted by molar-refractivity contribution is 0.340. The third-order valence-electron chi connectivity index (χ3n) is 5.38. The number of halogens is 1. The van der Waals surface area contributed by atoms with Crippen molar-refractivity contribution >= 4 is 34.1 Å². The average Bonchev–Trinajstić information content (AvgIpc) is 3.28. The number of aromatic nitrogens is 3. The van der Waals surface area contributed by atoms with Crippen LogP contribution in [-0.4, -0.2) is 21.4 Å². The Labute approximate surface area is 202 Å². The van der Waals surface area contributed by atoms with E-state index in [1.54, 1.807) is 11.8 Å². The second-order valence-electron chi connectivity index (χ2n) is 7.50. The van der Waals surface area contributed by atoms with Gasteiger partial charge in [-0.15, -0.1) is 10.2 Å². The summed E-state index contributed by atoms with van der Waals surface area (Å²) >= 11 is 7.79. The monoisotopic (exact) mass is 471 g/mol. The van der Waals surface area contributed by atoms with E-state index in [1.807, 2.05) is 55.5 Å². The number of hydrogen-bond acceptors (Lipinski definition) is 4. The van der Waals surface area contributed by atoms with Crippen LogP contribution in [0.5, 0.6) is 5.75 Å². The maximum absolute atomic E-state index is 6.11. The highest BCUT2D eigenvalue weighted by Crippen LogP contribution is 2.32. The standard InChI is InChI=1S/C27H22ClN3OS/c1-2-32-24-16-14-23(15-17-24)31-26(20-10-12-22(28)13-11-20)29-30-27(31)33-18-21-8-5-7-19-6-3-4-9-25(19)21/h3-17H,2,18H2,1H3. The predicted molar refractivity (Wildman–Crippen MR) is 136 cm³/mol. The van der Waals surface area contributed by atoms with Crippen LogP contribution in [0.25, 0.3) is 27.8 Å². The van der Waals surface area contributed by atoms with Crippen molar-refractivity contribution in [2.75, 3.05) is 6.61 Å². The first-order valence-corrected chi connectivity index (χ1v) is 12.1. The lowest BCUT2D eigenvalue weighted by Crippen LogP contribution is -2.00. The molecule has 1 heterocycles. The van der Waals surface area contributed by atoms with E-state index in [2.05, 4.69) is 57.2 Å². The first-order valence-electron chi connectivity index (χ1n) is 10.8. The highest BCUT2D eigenvalue weighted by Gasteiger charge is 2.17. The molecule has 6 heteroatoms. The van der Waals surface area contributed by atoms with E-state index in [0.717, 1.165) is 33.7 Å². The summed E-state index contributed by atoms with van der Waals surface area (Å²) in [5.74, 6) is 2.40. The van der Waals surface area contributed by atoms with Crippen molar-refractivity contribution in [3.63, 3.8) is 0 Å². The van der Waals surface area contributed by atoms with Gasteiger partial charge in [0.05, 0.1) is 6.61 Å². The summed E-state index contributed by atoms with van der Waals surface area (Å²) in [6, 6.07) is 30.6. The first-order chi connectivity index (χ1) is 16.2. The van der Waals surface area contributed by atoms with E-state index in [9.17, 15) is 0 Å². The van der Waals surface area contributed by atoms with Gasteiger partial charge in [-0.05, 0) is 71.8 Å². The van der Waals surface area contributed by atoms with Crippen molar-refractivity contribution in [1.82, 2.24) is 14.8 Å². The zero-order valence-corrected chi connectivity index (χ0v) is 19.7. The van der Waals surface area contributed by atoms with Gasteiger partial charge in [-0.25, -0.2) is 0 Å². The van der Waals surface area contributed by atoms with E-state index in [0.29, 0.717) is 11.6 Å². The molecule has 164 valence electrons. The van der Waals surface area contributed by atoms with Crippen molar-refractivity contribution in [3.8, 4) is 22.8 Å². The second kappa shape index (κ2) is 9.69. The molecule has 0 aliphatic rings. The fraction of sp³-hybridized carbons (Fsp3) is 0.111. The van der Waals surface area contributed by atoms with E-state index in [4.69, 9.17) is 16.3 Å². The Kier molecular flexibility index (Phi) is 6.33. The number of ether oxygens (including phenoxy) is 1. The van der Waals surface area contributed by atoms with E-state index in [-0.39, 0.29) is 0 Å². The van der Waals surface area contributed by atoms with Crippen LogP contribution in [0.1, 0.15) is 12.5 Å². The Hall–Kier alpha value is -3.28. The Morgan fingerprint density at radius 2 is 1.61 bits per heavy atom. The van der Waals surface area contributed by atoms with Gasteiger partial charge in [-0.2, -0.15) is 0 Å². The number of nitrogens with zero attached hydrogens (tertiary/aromatic N) is 3. The van der Waals surface area contributed by atoms with Crippen LogP contribution in [-0.2, 0) is 5.75 Å². The average molecular weight is 472 g/mol. The normalized spacial score (nSPS) is 11.1. The molecule has 5 aromatic rings. The Bertz CT molecular complexity index is 1380. The fourth-order valence-electron chi connectivity index (χ4n) is 3.80. The van der Waals surface area contributed by atoms with E-state index < -0.39 is 0 Å². The molecule has 4 nitrogen and oxygen atoms in total. The number of fused-ring (bicyclic) bond motifs is 1. The molecular formula is C27H22ClN3OS. The summed E-state index contributed by atoms with van der Waals surface area (Å²) in [6.45, 7) is 2.61. The molecule has 0 saturated heterocycles. The van der Waals surface area contributed by atoms with Gasteiger partial charge in [-0.3, -0.25) is 4.57 Å². The lowest BCUT2D eigenvalue weighted by Gasteiger charge is -2.12. The van der Waals surface area contributed by atoms with Crippen LogP contribution in [0.4, 0.5) is 0 Å². The smallest absolute Gasteiger partial charge is 0.196 e. The number of thioether (sulfide) groups is 1. The predicted octanol–water partition coefficient (Wildman–Crippen LogP) is 7.43. The third-order valence-corrected chi connectivity index (χ3v) is 6.61. The van der Waals surface area contributed by atoms with E-state index >= 15 is 0 Å². The van der Waals surface area contributed by atoms with Gasteiger partial charge in [-0.1, -0.05) is 65.8 Å². The molecule has 0 N–H and O–H groups in total. The summed E-state index contributed by atoms with van der Waals surface area (Å²) in [4.78, 5) is 0. The number of hydrogen-bond donors (Lipinski definition) is 0. The molecule has 0 aliphatic carbocycles. The van der Waals surface area contributed by atoms with Gasteiger partial charge in [0.15, 0.2) is 11.0 Å². The van der Waals surface area contributed by atoms with Gasteiger partial charge in [0.2, 0.25) is 0 Å². The molecule has 1 aromatic heterocycles.